The Hall–Kier alpha value is -0.420. The van der Waals surface area contributed by atoms with E-state index in [1.807, 2.05) is 0 Å². The fourth-order valence-electron chi connectivity index (χ4n) is 1.76. The SMILES string of the molecule is CCCc1cc(NCC2CSCCS2)ncn1. The van der Waals surface area contributed by atoms with Gasteiger partial charge in [-0.15, -0.1) is 0 Å². The van der Waals surface area contributed by atoms with Crippen LogP contribution >= 0.6 is 23.5 Å². The van der Waals surface area contributed by atoms with Gasteiger partial charge in [0, 0.05) is 40.8 Å². The van der Waals surface area contributed by atoms with Crippen LogP contribution in [-0.2, 0) is 6.42 Å². The molecular formula is C12H19N3S2. The molecule has 2 rings (SSSR count). The van der Waals surface area contributed by atoms with Crippen molar-refractivity contribution < 1.29 is 0 Å². The largest absolute Gasteiger partial charge is 0.369 e. The van der Waals surface area contributed by atoms with Crippen molar-refractivity contribution in [3.63, 3.8) is 0 Å². The first-order valence-corrected chi connectivity index (χ1v) is 8.33. The van der Waals surface area contributed by atoms with E-state index in [9.17, 15) is 0 Å². The number of anilines is 1. The summed E-state index contributed by atoms with van der Waals surface area (Å²) in [7, 11) is 0. The lowest BCUT2D eigenvalue weighted by atomic mass is 10.2. The topological polar surface area (TPSA) is 37.8 Å². The van der Waals surface area contributed by atoms with Crippen LogP contribution in [-0.4, -0.2) is 39.0 Å². The van der Waals surface area contributed by atoms with Crippen molar-refractivity contribution in [2.24, 2.45) is 0 Å². The smallest absolute Gasteiger partial charge is 0.129 e. The summed E-state index contributed by atoms with van der Waals surface area (Å²) in [6.07, 6.45) is 3.83. The van der Waals surface area contributed by atoms with Crippen molar-refractivity contribution in [1.29, 1.82) is 0 Å². The van der Waals surface area contributed by atoms with Gasteiger partial charge in [0.15, 0.2) is 0 Å². The molecule has 1 aliphatic rings. The minimum atomic E-state index is 0.721. The number of rotatable bonds is 5. The Bertz CT molecular complexity index is 340. The standard InChI is InChI=1S/C12H19N3S2/c1-2-3-10-6-12(15-9-14-10)13-7-11-8-16-4-5-17-11/h6,9,11H,2-5,7-8H2,1H3,(H,13,14,15). The first kappa shape index (κ1) is 13.0. The molecule has 5 heteroatoms. The normalized spacial score (nSPS) is 20.2. The highest BCUT2D eigenvalue weighted by molar-refractivity contribution is 8.06. The Balaban J connectivity index is 1.83. The molecule has 1 fully saturated rings. The van der Waals surface area contributed by atoms with Crippen molar-refractivity contribution in [1.82, 2.24) is 9.97 Å². The third-order valence-corrected chi connectivity index (χ3v) is 5.47. The number of aryl methyl sites for hydroxylation is 1. The van der Waals surface area contributed by atoms with E-state index in [0.717, 1.165) is 36.1 Å². The Kier molecular flexibility index (Phi) is 5.45. The van der Waals surface area contributed by atoms with Crippen molar-refractivity contribution in [2.75, 3.05) is 29.1 Å². The number of hydrogen-bond acceptors (Lipinski definition) is 5. The van der Waals surface area contributed by atoms with E-state index in [1.54, 1.807) is 6.33 Å². The van der Waals surface area contributed by atoms with Crippen molar-refractivity contribution in [3.8, 4) is 0 Å². The maximum Gasteiger partial charge on any atom is 0.129 e. The van der Waals surface area contributed by atoms with Crippen molar-refractivity contribution in [2.45, 2.75) is 25.0 Å². The zero-order valence-corrected chi connectivity index (χ0v) is 11.8. The molecule has 1 aliphatic heterocycles. The Morgan fingerprint density at radius 2 is 2.35 bits per heavy atom. The van der Waals surface area contributed by atoms with Crippen LogP contribution in [0.4, 0.5) is 5.82 Å². The molecule has 0 bridgehead atoms. The molecule has 0 aromatic carbocycles. The summed E-state index contributed by atoms with van der Waals surface area (Å²) in [5.41, 5.74) is 1.13. The van der Waals surface area contributed by atoms with E-state index in [4.69, 9.17) is 0 Å². The predicted octanol–water partition coefficient (Wildman–Crippen LogP) is 2.69. The first-order chi connectivity index (χ1) is 8.38. The van der Waals surface area contributed by atoms with Gasteiger partial charge >= 0.3 is 0 Å². The highest BCUT2D eigenvalue weighted by atomic mass is 32.2. The summed E-state index contributed by atoms with van der Waals surface area (Å²) in [4.78, 5) is 8.53. The minimum absolute atomic E-state index is 0.721. The molecule has 1 aromatic rings. The molecule has 0 aliphatic carbocycles. The molecule has 1 N–H and O–H groups in total. The highest BCUT2D eigenvalue weighted by Crippen LogP contribution is 2.24. The van der Waals surface area contributed by atoms with Crippen LogP contribution in [0.2, 0.25) is 0 Å². The van der Waals surface area contributed by atoms with Gasteiger partial charge in [0.05, 0.1) is 0 Å². The Morgan fingerprint density at radius 1 is 1.41 bits per heavy atom. The second kappa shape index (κ2) is 7.11. The number of nitrogens with zero attached hydrogens (tertiary/aromatic N) is 2. The molecule has 1 atom stereocenters. The van der Waals surface area contributed by atoms with E-state index in [-0.39, 0.29) is 0 Å². The Labute approximate surface area is 112 Å². The third-order valence-electron chi connectivity index (χ3n) is 2.63. The second-order valence-corrected chi connectivity index (χ2v) is 6.65. The van der Waals surface area contributed by atoms with Crippen LogP contribution in [0.15, 0.2) is 12.4 Å². The van der Waals surface area contributed by atoms with Gasteiger partial charge in [-0.3, -0.25) is 0 Å². The quantitative estimate of drug-likeness (QED) is 0.889. The van der Waals surface area contributed by atoms with Crippen LogP contribution in [0.5, 0.6) is 0 Å². The zero-order valence-electron chi connectivity index (χ0n) is 10.2. The molecule has 1 unspecified atom stereocenters. The summed E-state index contributed by atoms with van der Waals surface area (Å²) in [6.45, 7) is 3.19. The van der Waals surface area contributed by atoms with Crippen LogP contribution in [0.25, 0.3) is 0 Å². The second-order valence-electron chi connectivity index (χ2n) is 4.09. The molecule has 94 valence electrons. The van der Waals surface area contributed by atoms with Crippen LogP contribution in [0.3, 0.4) is 0 Å². The van der Waals surface area contributed by atoms with Gasteiger partial charge in [0.2, 0.25) is 0 Å². The fraction of sp³-hybridized carbons (Fsp3) is 0.667. The predicted molar refractivity (Wildman–Crippen MR) is 78.1 cm³/mol. The Morgan fingerprint density at radius 3 is 3.12 bits per heavy atom. The van der Waals surface area contributed by atoms with Crippen LogP contribution in [0.1, 0.15) is 19.0 Å². The van der Waals surface area contributed by atoms with E-state index in [2.05, 4.69) is 51.8 Å². The van der Waals surface area contributed by atoms with Gasteiger partial charge in [-0.25, -0.2) is 9.97 Å². The van der Waals surface area contributed by atoms with Crippen LogP contribution < -0.4 is 5.32 Å². The fourth-order valence-corrected chi connectivity index (χ4v) is 4.37. The van der Waals surface area contributed by atoms with Crippen molar-refractivity contribution >= 4 is 29.3 Å². The summed E-state index contributed by atoms with van der Waals surface area (Å²) in [6, 6.07) is 2.07. The van der Waals surface area contributed by atoms with Gasteiger partial charge in [0.25, 0.3) is 0 Å². The highest BCUT2D eigenvalue weighted by Gasteiger charge is 2.13. The molecule has 0 spiro atoms. The van der Waals surface area contributed by atoms with E-state index < -0.39 is 0 Å². The molecule has 17 heavy (non-hydrogen) atoms. The van der Waals surface area contributed by atoms with Gasteiger partial charge < -0.3 is 5.32 Å². The van der Waals surface area contributed by atoms with E-state index in [0.29, 0.717) is 0 Å². The third kappa shape index (κ3) is 4.39. The molecule has 0 saturated carbocycles. The average Bonchev–Trinajstić information content (AvgIpc) is 2.39. The molecule has 1 aromatic heterocycles. The number of aromatic nitrogens is 2. The molecule has 1 saturated heterocycles. The van der Waals surface area contributed by atoms with Crippen molar-refractivity contribution in [3.05, 3.63) is 18.1 Å². The minimum Gasteiger partial charge on any atom is -0.369 e. The molecule has 0 radical (unpaired) electrons. The molecule has 2 heterocycles. The lowest BCUT2D eigenvalue weighted by Gasteiger charge is -2.21. The number of thioether (sulfide) groups is 2. The van der Waals surface area contributed by atoms with E-state index >= 15 is 0 Å². The lowest BCUT2D eigenvalue weighted by Crippen LogP contribution is -2.23. The summed E-state index contributed by atoms with van der Waals surface area (Å²) >= 11 is 4.13. The van der Waals surface area contributed by atoms with E-state index in [1.165, 1.54) is 17.3 Å². The van der Waals surface area contributed by atoms with Crippen LogP contribution in [0, 0.1) is 0 Å². The maximum atomic E-state index is 4.27. The number of nitrogens with one attached hydrogen (secondary N) is 1. The van der Waals surface area contributed by atoms with Gasteiger partial charge in [0.1, 0.15) is 12.1 Å². The summed E-state index contributed by atoms with van der Waals surface area (Å²) in [5, 5.41) is 4.15. The molecule has 0 amide bonds. The van der Waals surface area contributed by atoms with Gasteiger partial charge in [-0.1, -0.05) is 13.3 Å². The zero-order chi connectivity index (χ0) is 11.9. The summed E-state index contributed by atoms with van der Waals surface area (Å²) < 4.78 is 0. The lowest BCUT2D eigenvalue weighted by molar-refractivity contribution is 0.870. The monoisotopic (exact) mass is 269 g/mol. The van der Waals surface area contributed by atoms with Gasteiger partial charge in [-0.05, 0) is 6.42 Å². The number of hydrogen-bond donors (Lipinski definition) is 1. The first-order valence-electron chi connectivity index (χ1n) is 6.12. The summed E-state index contributed by atoms with van der Waals surface area (Å²) in [5.74, 6) is 4.81. The van der Waals surface area contributed by atoms with Gasteiger partial charge in [-0.2, -0.15) is 23.5 Å². The average molecular weight is 269 g/mol. The maximum absolute atomic E-state index is 4.27. The molecular weight excluding hydrogens is 250 g/mol. The molecule has 3 nitrogen and oxygen atoms in total.